The van der Waals surface area contributed by atoms with Crippen LogP contribution in [0.1, 0.15) is 5.56 Å². The predicted molar refractivity (Wildman–Crippen MR) is 111 cm³/mol. The Morgan fingerprint density at radius 1 is 1.21 bits per heavy atom. The molecule has 0 aliphatic carbocycles. The number of aryl methyl sites for hydroxylation is 2. The topological polar surface area (TPSA) is 88.4 Å². The molecule has 9 nitrogen and oxygen atoms in total. The first-order valence-electron chi connectivity index (χ1n) is 9.59. The van der Waals surface area contributed by atoms with Crippen molar-refractivity contribution in [2.75, 3.05) is 50.1 Å². The SMILES string of the molecule is COc1ccc(C)cc1NC(=O)CN1CCN(c2ncnc3c2cnn3C)CC1. The van der Waals surface area contributed by atoms with Gasteiger partial charge in [-0.05, 0) is 24.6 Å². The van der Waals surface area contributed by atoms with E-state index in [1.807, 2.05) is 32.2 Å². The zero-order valence-corrected chi connectivity index (χ0v) is 16.9. The molecule has 4 rings (SSSR count). The van der Waals surface area contributed by atoms with Crippen LogP contribution in [0.15, 0.2) is 30.7 Å². The maximum Gasteiger partial charge on any atom is 0.238 e. The number of hydrogen-bond donors (Lipinski definition) is 1. The van der Waals surface area contributed by atoms with Crippen LogP contribution in [-0.2, 0) is 11.8 Å². The monoisotopic (exact) mass is 395 g/mol. The number of benzene rings is 1. The second-order valence-corrected chi connectivity index (χ2v) is 7.22. The molecule has 3 aromatic rings. The number of nitrogens with zero attached hydrogens (tertiary/aromatic N) is 6. The highest BCUT2D eigenvalue weighted by Crippen LogP contribution is 2.25. The number of hydrogen-bond acceptors (Lipinski definition) is 7. The van der Waals surface area contributed by atoms with Crippen molar-refractivity contribution < 1.29 is 9.53 Å². The first-order chi connectivity index (χ1) is 14.0. The number of anilines is 2. The van der Waals surface area contributed by atoms with Gasteiger partial charge in [0.15, 0.2) is 5.65 Å². The van der Waals surface area contributed by atoms with Gasteiger partial charge in [0.1, 0.15) is 17.9 Å². The molecule has 3 heterocycles. The van der Waals surface area contributed by atoms with Crippen LogP contribution in [0.2, 0.25) is 0 Å². The minimum Gasteiger partial charge on any atom is -0.495 e. The zero-order valence-electron chi connectivity index (χ0n) is 16.9. The summed E-state index contributed by atoms with van der Waals surface area (Å²) in [6.07, 6.45) is 3.38. The summed E-state index contributed by atoms with van der Waals surface area (Å²) >= 11 is 0. The molecule has 9 heteroatoms. The lowest BCUT2D eigenvalue weighted by Gasteiger charge is -2.35. The lowest BCUT2D eigenvalue weighted by atomic mass is 10.2. The van der Waals surface area contributed by atoms with E-state index in [1.54, 1.807) is 24.3 Å². The predicted octanol–water partition coefficient (Wildman–Crippen LogP) is 1.44. The zero-order chi connectivity index (χ0) is 20.4. The molecule has 152 valence electrons. The van der Waals surface area contributed by atoms with Gasteiger partial charge in [0.05, 0.1) is 30.9 Å². The summed E-state index contributed by atoms with van der Waals surface area (Å²) < 4.78 is 7.09. The molecular weight excluding hydrogens is 370 g/mol. The van der Waals surface area contributed by atoms with E-state index in [1.165, 1.54) is 0 Å². The third kappa shape index (κ3) is 4.00. The van der Waals surface area contributed by atoms with Gasteiger partial charge >= 0.3 is 0 Å². The van der Waals surface area contributed by atoms with Crippen LogP contribution < -0.4 is 15.0 Å². The molecule has 0 radical (unpaired) electrons. The lowest BCUT2D eigenvalue weighted by Crippen LogP contribution is -2.49. The molecule has 0 bridgehead atoms. The van der Waals surface area contributed by atoms with Gasteiger partial charge in [-0.1, -0.05) is 6.07 Å². The Hall–Kier alpha value is -3.20. The van der Waals surface area contributed by atoms with Gasteiger partial charge in [0.25, 0.3) is 0 Å². The Kier molecular flexibility index (Phi) is 5.30. The van der Waals surface area contributed by atoms with Crippen molar-refractivity contribution in [1.82, 2.24) is 24.6 Å². The second kappa shape index (κ2) is 8.04. The second-order valence-electron chi connectivity index (χ2n) is 7.22. The van der Waals surface area contributed by atoms with Crippen molar-refractivity contribution in [1.29, 1.82) is 0 Å². The summed E-state index contributed by atoms with van der Waals surface area (Å²) in [6.45, 7) is 5.48. The molecule has 29 heavy (non-hydrogen) atoms. The number of methoxy groups -OCH3 is 1. The lowest BCUT2D eigenvalue weighted by molar-refractivity contribution is -0.117. The van der Waals surface area contributed by atoms with Gasteiger partial charge in [-0.3, -0.25) is 14.4 Å². The van der Waals surface area contributed by atoms with E-state index in [9.17, 15) is 4.79 Å². The molecule has 1 amide bonds. The van der Waals surface area contributed by atoms with Crippen molar-refractivity contribution in [3.05, 3.63) is 36.3 Å². The first-order valence-corrected chi connectivity index (χ1v) is 9.59. The highest BCUT2D eigenvalue weighted by Gasteiger charge is 2.22. The molecule has 2 aromatic heterocycles. The highest BCUT2D eigenvalue weighted by molar-refractivity contribution is 5.94. The fourth-order valence-corrected chi connectivity index (χ4v) is 3.63. The number of ether oxygens (including phenoxy) is 1. The Labute approximate surface area is 169 Å². The number of nitrogens with one attached hydrogen (secondary N) is 1. The smallest absolute Gasteiger partial charge is 0.238 e. The Morgan fingerprint density at radius 2 is 2.00 bits per heavy atom. The number of carbonyl (C=O) groups is 1. The summed E-state index contributed by atoms with van der Waals surface area (Å²) in [4.78, 5) is 25.7. The Bertz CT molecular complexity index is 1020. The van der Waals surface area contributed by atoms with E-state index in [0.717, 1.165) is 48.6 Å². The average molecular weight is 395 g/mol. The molecule has 1 N–H and O–H groups in total. The maximum absolute atomic E-state index is 12.5. The quantitative estimate of drug-likeness (QED) is 0.699. The largest absolute Gasteiger partial charge is 0.495 e. The van der Waals surface area contributed by atoms with E-state index in [4.69, 9.17) is 4.74 Å². The van der Waals surface area contributed by atoms with Crippen molar-refractivity contribution in [2.45, 2.75) is 6.92 Å². The molecule has 1 aromatic carbocycles. The third-order valence-corrected chi connectivity index (χ3v) is 5.18. The number of fused-ring (bicyclic) bond motifs is 1. The van der Waals surface area contributed by atoms with Gasteiger partial charge in [0, 0.05) is 33.2 Å². The van der Waals surface area contributed by atoms with E-state index >= 15 is 0 Å². The van der Waals surface area contributed by atoms with Crippen molar-refractivity contribution >= 4 is 28.4 Å². The van der Waals surface area contributed by atoms with Crippen LogP contribution >= 0.6 is 0 Å². The third-order valence-electron chi connectivity index (χ3n) is 5.18. The molecule has 0 unspecified atom stereocenters. The van der Waals surface area contributed by atoms with E-state index in [-0.39, 0.29) is 5.91 Å². The van der Waals surface area contributed by atoms with Crippen LogP contribution in [-0.4, -0.2) is 70.4 Å². The van der Waals surface area contributed by atoms with Crippen LogP contribution in [0, 0.1) is 6.92 Å². The highest BCUT2D eigenvalue weighted by atomic mass is 16.5. The van der Waals surface area contributed by atoms with Crippen LogP contribution in [0.25, 0.3) is 11.0 Å². The van der Waals surface area contributed by atoms with Crippen molar-refractivity contribution in [3.63, 3.8) is 0 Å². The summed E-state index contributed by atoms with van der Waals surface area (Å²) in [6, 6.07) is 5.74. The Morgan fingerprint density at radius 3 is 2.76 bits per heavy atom. The van der Waals surface area contributed by atoms with Crippen molar-refractivity contribution in [2.24, 2.45) is 7.05 Å². The van der Waals surface area contributed by atoms with E-state index in [2.05, 4.69) is 30.2 Å². The van der Waals surface area contributed by atoms with Crippen LogP contribution in [0.4, 0.5) is 11.5 Å². The molecule has 1 aliphatic heterocycles. The molecule has 1 saturated heterocycles. The number of rotatable bonds is 5. The van der Waals surface area contributed by atoms with Crippen LogP contribution in [0.5, 0.6) is 5.75 Å². The molecule has 0 atom stereocenters. The fraction of sp³-hybridized carbons (Fsp3) is 0.400. The van der Waals surface area contributed by atoms with Crippen LogP contribution in [0.3, 0.4) is 0 Å². The average Bonchev–Trinajstić information content (AvgIpc) is 3.10. The van der Waals surface area contributed by atoms with Gasteiger partial charge in [-0.25, -0.2) is 9.97 Å². The normalized spacial score (nSPS) is 14.9. The summed E-state index contributed by atoms with van der Waals surface area (Å²) in [5.74, 6) is 1.52. The number of carbonyl (C=O) groups excluding carboxylic acids is 1. The van der Waals surface area contributed by atoms with Gasteiger partial charge in [-0.15, -0.1) is 0 Å². The maximum atomic E-state index is 12.5. The molecule has 1 fully saturated rings. The van der Waals surface area contributed by atoms with Gasteiger partial charge < -0.3 is 15.0 Å². The first kappa shape index (κ1) is 19.1. The molecular formula is C20H25N7O2. The number of aromatic nitrogens is 4. The number of amides is 1. The van der Waals surface area contributed by atoms with Gasteiger partial charge in [0.2, 0.25) is 5.91 Å². The van der Waals surface area contributed by atoms with Gasteiger partial charge in [-0.2, -0.15) is 5.10 Å². The minimum absolute atomic E-state index is 0.0426. The summed E-state index contributed by atoms with van der Waals surface area (Å²) in [7, 11) is 3.48. The molecule has 1 aliphatic rings. The summed E-state index contributed by atoms with van der Waals surface area (Å²) in [5.41, 5.74) is 2.60. The Balaban J connectivity index is 1.36. The van der Waals surface area contributed by atoms with E-state index in [0.29, 0.717) is 18.0 Å². The van der Waals surface area contributed by atoms with E-state index < -0.39 is 0 Å². The summed E-state index contributed by atoms with van der Waals surface area (Å²) in [5, 5.41) is 8.20. The molecule has 0 spiro atoms. The minimum atomic E-state index is -0.0426. The number of piperazine rings is 1. The van der Waals surface area contributed by atoms with Crippen molar-refractivity contribution in [3.8, 4) is 5.75 Å². The standard InChI is InChI=1S/C20H25N7O2/c1-14-4-5-17(29-3)16(10-14)24-18(28)12-26-6-8-27(9-7-26)20-15-11-23-25(2)19(15)21-13-22-20/h4-5,10-11,13H,6-9,12H2,1-3H3,(H,24,28). The fourth-order valence-electron chi connectivity index (χ4n) is 3.63. The molecule has 0 saturated carbocycles.